The van der Waals surface area contributed by atoms with Crippen molar-refractivity contribution in [2.24, 2.45) is 13.0 Å². The molecule has 0 radical (unpaired) electrons. The minimum absolute atomic E-state index is 0.0521. The second-order valence-electron chi connectivity index (χ2n) is 9.11. The van der Waals surface area contributed by atoms with Crippen molar-refractivity contribution in [2.45, 2.75) is 37.8 Å². The van der Waals surface area contributed by atoms with Crippen LogP contribution < -0.4 is 5.69 Å². The predicted octanol–water partition coefficient (Wildman–Crippen LogP) is 3.89. The van der Waals surface area contributed by atoms with E-state index in [-0.39, 0.29) is 23.8 Å². The molecule has 1 aromatic carbocycles. The van der Waals surface area contributed by atoms with Crippen LogP contribution in [0.4, 0.5) is 13.2 Å². The van der Waals surface area contributed by atoms with E-state index in [1.165, 1.54) is 30.1 Å². The Morgan fingerprint density at radius 3 is 2.64 bits per heavy atom. The van der Waals surface area contributed by atoms with Crippen LogP contribution in [0.15, 0.2) is 53.8 Å². The highest BCUT2D eigenvalue weighted by atomic mass is 19.4. The van der Waals surface area contributed by atoms with E-state index in [0.717, 1.165) is 41.1 Å². The zero-order chi connectivity index (χ0) is 25.6. The zero-order valence-corrected chi connectivity index (χ0v) is 19.7. The van der Waals surface area contributed by atoms with Gasteiger partial charge in [-0.2, -0.15) is 13.2 Å². The van der Waals surface area contributed by atoms with Gasteiger partial charge in [0, 0.05) is 25.4 Å². The molecule has 1 unspecified atom stereocenters. The molecule has 4 aromatic rings. The molecule has 1 saturated carbocycles. The molecule has 8 nitrogen and oxygen atoms in total. The number of nitrogens with zero attached hydrogens (tertiary/aromatic N) is 5. The summed E-state index contributed by atoms with van der Waals surface area (Å²) >= 11 is 0. The third-order valence-corrected chi connectivity index (χ3v) is 6.86. The Morgan fingerprint density at radius 2 is 2.03 bits per heavy atom. The highest BCUT2D eigenvalue weighted by molar-refractivity contribution is 5.73. The number of ether oxygens (including phenoxy) is 1. The van der Waals surface area contributed by atoms with Gasteiger partial charge in [0.2, 0.25) is 0 Å². The summed E-state index contributed by atoms with van der Waals surface area (Å²) in [4.78, 5) is 25.3. The number of benzene rings is 1. The number of esters is 1. The Morgan fingerprint density at radius 1 is 1.25 bits per heavy atom. The summed E-state index contributed by atoms with van der Waals surface area (Å²) in [7, 11) is 3.14. The van der Waals surface area contributed by atoms with Gasteiger partial charge < -0.3 is 9.30 Å². The molecule has 1 aliphatic carbocycles. The van der Waals surface area contributed by atoms with Crippen molar-refractivity contribution in [3.05, 3.63) is 82.1 Å². The van der Waals surface area contributed by atoms with Gasteiger partial charge in [-0.3, -0.25) is 13.8 Å². The molecule has 1 atom stereocenters. The van der Waals surface area contributed by atoms with Crippen LogP contribution in [0.5, 0.6) is 0 Å². The fourth-order valence-electron chi connectivity index (χ4n) is 4.88. The van der Waals surface area contributed by atoms with Gasteiger partial charge in [0.15, 0.2) is 0 Å². The van der Waals surface area contributed by atoms with Crippen LogP contribution >= 0.6 is 0 Å². The molecule has 3 heterocycles. The molecule has 0 bridgehead atoms. The van der Waals surface area contributed by atoms with E-state index in [1.807, 2.05) is 17.7 Å². The molecule has 0 N–H and O–H groups in total. The van der Waals surface area contributed by atoms with E-state index in [2.05, 4.69) is 10.2 Å². The minimum Gasteiger partial charge on any atom is -0.469 e. The number of imidazole rings is 1. The van der Waals surface area contributed by atoms with E-state index in [1.54, 1.807) is 18.5 Å². The number of carbonyl (C=O) groups is 1. The Labute approximate surface area is 203 Å². The van der Waals surface area contributed by atoms with Crippen molar-refractivity contribution in [3.8, 4) is 5.69 Å². The number of alkyl halides is 3. The number of fused-ring (bicyclic) bond motifs is 1. The number of rotatable bonds is 6. The van der Waals surface area contributed by atoms with E-state index < -0.39 is 23.4 Å². The number of methoxy groups -OCH3 is 1. The summed E-state index contributed by atoms with van der Waals surface area (Å²) in [6.07, 6.45) is 2.49. The number of pyridine rings is 1. The molecule has 36 heavy (non-hydrogen) atoms. The first kappa shape index (κ1) is 23.8. The van der Waals surface area contributed by atoms with E-state index in [0.29, 0.717) is 11.3 Å². The normalized spacial score (nSPS) is 15.1. The van der Waals surface area contributed by atoms with Crippen LogP contribution in [0.3, 0.4) is 0 Å². The lowest BCUT2D eigenvalue weighted by atomic mass is 9.72. The quantitative estimate of drug-likeness (QED) is 0.376. The number of aryl methyl sites for hydroxylation is 1. The molecular formula is C25H24F3N5O3. The molecule has 5 rings (SSSR count). The molecule has 1 fully saturated rings. The zero-order valence-electron chi connectivity index (χ0n) is 19.7. The molecular weight excluding hydrogens is 475 g/mol. The summed E-state index contributed by atoms with van der Waals surface area (Å²) in [5.74, 6) is 0.414. The number of aromatic nitrogens is 5. The van der Waals surface area contributed by atoms with Crippen molar-refractivity contribution < 1.29 is 22.7 Å². The number of carbonyl (C=O) groups excluding carboxylic acids is 1. The first-order chi connectivity index (χ1) is 17.2. The lowest BCUT2D eigenvalue weighted by molar-refractivity contribution is -0.140. The average Bonchev–Trinajstić information content (AvgIpc) is 3.38. The first-order valence-electron chi connectivity index (χ1n) is 11.5. The molecule has 188 valence electrons. The molecule has 0 spiro atoms. The van der Waals surface area contributed by atoms with Crippen LogP contribution in [0.2, 0.25) is 0 Å². The van der Waals surface area contributed by atoms with Crippen LogP contribution in [0.25, 0.3) is 11.2 Å². The van der Waals surface area contributed by atoms with Gasteiger partial charge in [-0.25, -0.2) is 4.79 Å². The molecule has 1 aliphatic rings. The largest absolute Gasteiger partial charge is 0.469 e. The third-order valence-electron chi connectivity index (χ3n) is 6.86. The van der Waals surface area contributed by atoms with Crippen LogP contribution in [0, 0.1) is 5.92 Å². The van der Waals surface area contributed by atoms with Crippen molar-refractivity contribution in [1.82, 2.24) is 23.7 Å². The van der Waals surface area contributed by atoms with Gasteiger partial charge in [0.1, 0.15) is 12.2 Å². The highest BCUT2D eigenvalue weighted by Crippen LogP contribution is 2.43. The summed E-state index contributed by atoms with van der Waals surface area (Å²) in [6.45, 7) is 0. The van der Waals surface area contributed by atoms with Gasteiger partial charge in [-0.1, -0.05) is 12.5 Å². The lowest BCUT2D eigenvalue weighted by Gasteiger charge is -2.33. The average molecular weight is 499 g/mol. The predicted molar refractivity (Wildman–Crippen MR) is 124 cm³/mol. The molecule has 0 aliphatic heterocycles. The SMILES string of the molecule is COC(=O)Cc1cc(C(c2nncn2C)C2CCC2)cc(-n2cc3c(C(F)(F)F)cccn3c2=O)c1. The summed E-state index contributed by atoms with van der Waals surface area (Å²) in [5.41, 5.74) is -0.0442. The summed E-state index contributed by atoms with van der Waals surface area (Å²) in [5, 5.41) is 8.34. The highest BCUT2D eigenvalue weighted by Gasteiger charge is 2.35. The van der Waals surface area contributed by atoms with E-state index in [9.17, 15) is 22.8 Å². The molecule has 11 heteroatoms. The maximum Gasteiger partial charge on any atom is 0.418 e. The lowest BCUT2D eigenvalue weighted by Crippen LogP contribution is -2.25. The Hall–Kier alpha value is -3.89. The second kappa shape index (κ2) is 8.96. The number of halogens is 3. The number of hydrogen-bond acceptors (Lipinski definition) is 5. The third kappa shape index (κ3) is 4.18. The maximum atomic E-state index is 13.6. The Kier molecular flexibility index (Phi) is 5.93. The topological polar surface area (TPSA) is 83.4 Å². The fraction of sp³-hybridized carbons (Fsp3) is 0.360. The molecule has 0 amide bonds. The van der Waals surface area contributed by atoms with Gasteiger partial charge >= 0.3 is 17.8 Å². The Balaban J connectivity index is 1.71. The fourth-order valence-corrected chi connectivity index (χ4v) is 4.88. The van der Waals surface area contributed by atoms with E-state index >= 15 is 0 Å². The van der Waals surface area contributed by atoms with Crippen molar-refractivity contribution in [2.75, 3.05) is 7.11 Å². The van der Waals surface area contributed by atoms with Gasteiger partial charge in [0.05, 0.1) is 30.3 Å². The monoisotopic (exact) mass is 499 g/mol. The first-order valence-corrected chi connectivity index (χ1v) is 11.5. The minimum atomic E-state index is -4.62. The maximum absolute atomic E-state index is 13.6. The van der Waals surface area contributed by atoms with E-state index in [4.69, 9.17) is 4.74 Å². The van der Waals surface area contributed by atoms with Crippen molar-refractivity contribution in [3.63, 3.8) is 0 Å². The Bertz CT molecular complexity index is 1500. The molecule has 0 saturated heterocycles. The molecule has 3 aromatic heterocycles. The van der Waals surface area contributed by atoms with Gasteiger partial charge in [0.25, 0.3) is 0 Å². The number of hydrogen-bond donors (Lipinski definition) is 0. The van der Waals surface area contributed by atoms with Crippen molar-refractivity contribution >= 4 is 11.5 Å². The summed E-state index contributed by atoms with van der Waals surface area (Å²) in [6, 6.07) is 7.43. The second-order valence-corrected chi connectivity index (χ2v) is 9.11. The van der Waals surface area contributed by atoms with Gasteiger partial charge in [-0.05, 0) is 54.2 Å². The van der Waals surface area contributed by atoms with Crippen LogP contribution in [-0.2, 0) is 29.2 Å². The summed E-state index contributed by atoms with van der Waals surface area (Å²) < 4.78 is 49.7. The van der Waals surface area contributed by atoms with Gasteiger partial charge in [-0.15, -0.1) is 10.2 Å². The van der Waals surface area contributed by atoms with Crippen LogP contribution in [-0.4, -0.2) is 36.8 Å². The van der Waals surface area contributed by atoms with Crippen molar-refractivity contribution in [1.29, 1.82) is 0 Å². The smallest absolute Gasteiger partial charge is 0.418 e. The van der Waals surface area contributed by atoms with Crippen LogP contribution in [0.1, 0.15) is 47.7 Å². The standard InChI is InChI=1S/C25H24F3N5O3/c1-31-14-29-30-23(31)22(16-5-3-6-16)17-9-15(11-21(34)36-2)10-18(12-17)33-13-20-19(25(26,27)28)7-4-8-32(20)24(33)35/h4,7-10,12-14,16,22H,3,5-6,11H2,1-2H3.